The maximum atomic E-state index is 12.7. The molecule has 0 saturated carbocycles. The highest BCUT2D eigenvalue weighted by atomic mass is 79.9. The predicted octanol–water partition coefficient (Wildman–Crippen LogP) is 4.65. The number of rotatable bonds is 3. The predicted molar refractivity (Wildman–Crippen MR) is 107 cm³/mol. The van der Waals surface area contributed by atoms with Crippen LogP contribution in [0.5, 0.6) is 5.75 Å². The molecule has 0 amide bonds. The van der Waals surface area contributed by atoms with Gasteiger partial charge in [-0.05, 0) is 58.7 Å². The van der Waals surface area contributed by atoms with Gasteiger partial charge in [0.25, 0.3) is 14.6 Å². The summed E-state index contributed by atoms with van der Waals surface area (Å²) >= 11 is 9.52. The lowest BCUT2D eigenvalue weighted by atomic mass is 10.1. The average Bonchev–Trinajstić information content (AvgIpc) is 2.56. The van der Waals surface area contributed by atoms with Crippen molar-refractivity contribution in [3.8, 4) is 11.4 Å². The lowest BCUT2D eigenvalue weighted by Gasteiger charge is -2.16. The van der Waals surface area contributed by atoms with E-state index in [-0.39, 0.29) is 10.5 Å². The number of hydrogen-bond donors (Lipinski definition) is 0. The van der Waals surface area contributed by atoms with E-state index < -0.39 is 9.05 Å². The van der Waals surface area contributed by atoms with Gasteiger partial charge in [0.2, 0.25) is 0 Å². The number of fused-ring (bicyclic) bond motifs is 1. The Morgan fingerprint density at radius 3 is 2.46 bits per heavy atom. The van der Waals surface area contributed by atoms with Crippen molar-refractivity contribution >= 4 is 58.2 Å². The van der Waals surface area contributed by atoms with Crippen LogP contribution in [0.3, 0.4) is 0 Å². The summed E-state index contributed by atoms with van der Waals surface area (Å²) in [5, 5.41) is 0.980. The molecule has 0 aliphatic rings. The van der Waals surface area contributed by atoms with Crippen molar-refractivity contribution in [2.45, 2.75) is 11.8 Å². The molecule has 0 spiro atoms. The largest absolute Gasteiger partial charge is 0.495 e. The number of aryl methyl sites for hydroxylation is 1. The maximum absolute atomic E-state index is 12.7. The van der Waals surface area contributed by atoms with Gasteiger partial charge in [-0.15, -0.1) is 0 Å². The molecule has 136 valence electrons. The molecular weight excluding hydrogens is 465 g/mol. The second-order valence-electron chi connectivity index (χ2n) is 5.56. The normalized spacial score (nSPS) is 11.7. The van der Waals surface area contributed by atoms with Crippen LogP contribution in [0.15, 0.2) is 50.6 Å². The van der Waals surface area contributed by atoms with E-state index in [1.165, 1.54) is 35.9 Å². The van der Waals surface area contributed by atoms with Crippen LogP contribution >= 0.6 is 38.2 Å². The highest BCUT2D eigenvalue weighted by Gasteiger charge is 2.17. The summed E-state index contributed by atoms with van der Waals surface area (Å²) < 4.78 is 30.7. The molecule has 1 aromatic heterocycles. The van der Waals surface area contributed by atoms with E-state index in [4.69, 9.17) is 27.0 Å². The summed E-state index contributed by atoms with van der Waals surface area (Å²) in [5.74, 6) is 0.433. The second kappa shape index (κ2) is 6.88. The van der Waals surface area contributed by atoms with Gasteiger partial charge in [0.05, 0.1) is 28.2 Å². The fourth-order valence-electron chi connectivity index (χ4n) is 2.73. The SMILES string of the molecule is COc1cc(Br)c(Cl)cc1-n1c(=O)cc(C)c2cc(S(=O)(=O)Cl)ccc21. The monoisotopic (exact) mass is 475 g/mol. The molecule has 0 atom stereocenters. The van der Waals surface area contributed by atoms with Gasteiger partial charge < -0.3 is 4.74 Å². The van der Waals surface area contributed by atoms with Crippen LogP contribution in [0, 0.1) is 6.92 Å². The van der Waals surface area contributed by atoms with Crippen LogP contribution in [0.2, 0.25) is 5.02 Å². The van der Waals surface area contributed by atoms with Crippen LogP contribution in [0.25, 0.3) is 16.6 Å². The van der Waals surface area contributed by atoms with Gasteiger partial charge in [-0.2, -0.15) is 0 Å². The minimum atomic E-state index is -3.89. The van der Waals surface area contributed by atoms with E-state index in [0.717, 1.165) is 0 Å². The molecule has 0 bridgehead atoms. The van der Waals surface area contributed by atoms with Crippen molar-refractivity contribution in [3.05, 3.63) is 61.8 Å². The first kappa shape index (κ1) is 19.2. The first-order valence-corrected chi connectivity index (χ1v) is 10.8. The van der Waals surface area contributed by atoms with Gasteiger partial charge in [0, 0.05) is 26.6 Å². The molecular formula is C17H12BrCl2NO4S. The third-order valence-corrected chi connectivity index (χ3v) is 6.49. The summed E-state index contributed by atoms with van der Waals surface area (Å²) in [6.45, 7) is 1.73. The standard InChI is InChI=1S/C17H12BrCl2NO4S/c1-9-5-17(22)21(15-8-13(19)12(18)7-16(15)25-2)14-4-3-10(6-11(9)14)26(20,23)24/h3-8H,1-2H3. The fourth-order valence-corrected chi connectivity index (χ4v) is 3.99. The maximum Gasteiger partial charge on any atom is 0.261 e. The zero-order valence-electron chi connectivity index (χ0n) is 13.6. The van der Waals surface area contributed by atoms with E-state index in [0.29, 0.717) is 37.4 Å². The Balaban J connectivity index is 2.45. The molecule has 1 heterocycles. The first-order valence-electron chi connectivity index (χ1n) is 7.28. The van der Waals surface area contributed by atoms with Crippen LogP contribution in [0.4, 0.5) is 0 Å². The molecule has 2 aromatic carbocycles. The molecule has 9 heteroatoms. The van der Waals surface area contributed by atoms with Crippen molar-refractivity contribution in [2.75, 3.05) is 7.11 Å². The zero-order valence-corrected chi connectivity index (χ0v) is 17.5. The molecule has 5 nitrogen and oxygen atoms in total. The smallest absolute Gasteiger partial charge is 0.261 e. The Labute approximate surface area is 167 Å². The lowest BCUT2D eigenvalue weighted by Crippen LogP contribution is -2.19. The summed E-state index contributed by atoms with van der Waals surface area (Å²) in [6, 6.07) is 9.01. The number of ether oxygens (including phenoxy) is 1. The van der Waals surface area contributed by atoms with Crippen molar-refractivity contribution < 1.29 is 13.2 Å². The minimum absolute atomic E-state index is 0.0410. The van der Waals surface area contributed by atoms with E-state index in [2.05, 4.69) is 15.9 Å². The second-order valence-corrected chi connectivity index (χ2v) is 9.38. The Kier molecular flexibility index (Phi) is 5.09. The topological polar surface area (TPSA) is 65.4 Å². The molecule has 0 aliphatic carbocycles. The summed E-state index contributed by atoms with van der Waals surface area (Å²) in [4.78, 5) is 12.7. The Morgan fingerprint density at radius 2 is 1.85 bits per heavy atom. The van der Waals surface area contributed by atoms with Gasteiger partial charge in [-0.25, -0.2) is 8.42 Å². The first-order chi connectivity index (χ1) is 12.1. The summed E-state index contributed by atoms with van der Waals surface area (Å²) in [6.07, 6.45) is 0. The molecule has 0 aliphatic heterocycles. The number of aromatic nitrogens is 1. The van der Waals surface area contributed by atoms with Gasteiger partial charge in [0.15, 0.2) is 0 Å². The number of hydrogen-bond acceptors (Lipinski definition) is 4. The van der Waals surface area contributed by atoms with E-state index in [1.807, 2.05) is 0 Å². The van der Waals surface area contributed by atoms with Crippen LogP contribution < -0.4 is 10.3 Å². The number of benzene rings is 2. The highest BCUT2D eigenvalue weighted by Crippen LogP contribution is 2.34. The molecule has 0 saturated heterocycles. The summed E-state index contributed by atoms with van der Waals surface area (Å²) in [5.41, 5.74) is 1.28. The van der Waals surface area contributed by atoms with Crippen LogP contribution in [0.1, 0.15) is 5.56 Å². The van der Waals surface area contributed by atoms with Crippen LogP contribution in [-0.2, 0) is 9.05 Å². The van der Waals surface area contributed by atoms with Crippen molar-refractivity contribution in [1.82, 2.24) is 4.57 Å². The number of nitrogens with zero attached hydrogens (tertiary/aromatic N) is 1. The number of methoxy groups -OCH3 is 1. The Hall–Kier alpha value is -1.54. The third kappa shape index (κ3) is 3.36. The molecule has 3 aromatic rings. The van der Waals surface area contributed by atoms with Crippen LogP contribution in [-0.4, -0.2) is 20.1 Å². The average molecular weight is 477 g/mol. The lowest BCUT2D eigenvalue weighted by molar-refractivity contribution is 0.412. The summed E-state index contributed by atoms with van der Waals surface area (Å²) in [7, 11) is 3.04. The van der Waals surface area contributed by atoms with Crippen molar-refractivity contribution in [1.29, 1.82) is 0 Å². The van der Waals surface area contributed by atoms with E-state index in [9.17, 15) is 13.2 Å². The fraction of sp³-hybridized carbons (Fsp3) is 0.118. The molecule has 0 unspecified atom stereocenters. The molecule has 26 heavy (non-hydrogen) atoms. The Bertz CT molecular complexity index is 1210. The Morgan fingerprint density at radius 1 is 1.15 bits per heavy atom. The minimum Gasteiger partial charge on any atom is -0.495 e. The van der Waals surface area contributed by atoms with E-state index >= 15 is 0 Å². The molecule has 3 rings (SSSR count). The molecule has 0 radical (unpaired) electrons. The molecule has 0 N–H and O–H groups in total. The van der Waals surface area contributed by atoms with Gasteiger partial charge in [-0.3, -0.25) is 9.36 Å². The van der Waals surface area contributed by atoms with E-state index in [1.54, 1.807) is 19.1 Å². The van der Waals surface area contributed by atoms with Gasteiger partial charge in [-0.1, -0.05) is 11.6 Å². The van der Waals surface area contributed by atoms with Gasteiger partial charge >= 0.3 is 0 Å². The van der Waals surface area contributed by atoms with Crippen molar-refractivity contribution in [3.63, 3.8) is 0 Å². The number of pyridine rings is 1. The number of halogens is 3. The third-order valence-electron chi connectivity index (χ3n) is 3.94. The zero-order chi connectivity index (χ0) is 19.2. The van der Waals surface area contributed by atoms with Crippen molar-refractivity contribution in [2.24, 2.45) is 0 Å². The molecule has 0 fully saturated rings. The highest BCUT2D eigenvalue weighted by molar-refractivity contribution is 9.10. The van der Waals surface area contributed by atoms with Gasteiger partial charge in [0.1, 0.15) is 5.75 Å². The quantitative estimate of drug-likeness (QED) is 0.516.